The zero-order valence-corrected chi connectivity index (χ0v) is 15.3. The summed E-state index contributed by atoms with van der Waals surface area (Å²) in [5.41, 5.74) is 5.45. The number of benzene rings is 1. The maximum Gasteiger partial charge on any atom is 0.325 e. The fourth-order valence-electron chi connectivity index (χ4n) is 2.72. The molecule has 0 aromatic heterocycles. The van der Waals surface area contributed by atoms with Gasteiger partial charge in [-0.25, -0.2) is 10.2 Å². The molecule has 0 atom stereocenters. The number of hydrogen-bond acceptors (Lipinski definition) is 4. The summed E-state index contributed by atoms with van der Waals surface area (Å²) < 4.78 is 0. The van der Waals surface area contributed by atoms with Gasteiger partial charge in [-0.1, -0.05) is 23.8 Å². The predicted octanol–water partition coefficient (Wildman–Crippen LogP) is 1.86. The number of hydrogen-bond donors (Lipinski definition) is 2. The van der Waals surface area contributed by atoms with Crippen LogP contribution in [0.1, 0.15) is 43.9 Å². The van der Waals surface area contributed by atoms with E-state index in [2.05, 4.69) is 21.9 Å². The van der Waals surface area contributed by atoms with E-state index < -0.39 is 11.6 Å². The molecule has 1 aliphatic heterocycles. The van der Waals surface area contributed by atoms with E-state index in [1.54, 1.807) is 13.8 Å². The van der Waals surface area contributed by atoms with E-state index in [0.29, 0.717) is 5.71 Å². The first-order valence-electron chi connectivity index (χ1n) is 8.16. The van der Waals surface area contributed by atoms with Gasteiger partial charge in [0, 0.05) is 18.5 Å². The van der Waals surface area contributed by atoms with Crippen LogP contribution in [0.5, 0.6) is 0 Å². The lowest BCUT2D eigenvalue weighted by molar-refractivity contribution is -0.130. The van der Waals surface area contributed by atoms with Crippen LogP contribution in [0.25, 0.3) is 0 Å². The Morgan fingerprint density at radius 3 is 2.52 bits per heavy atom. The molecular formula is C18H24N4O3. The Kier molecular flexibility index (Phi) is 5.25. The van der Waals surface area contributed by atoms with Crippen LogP contribution in [0.2, 0.25) is 0 Å². The van der Waals surface area contributed by atoms with E-state index in [4.69, 9.17) is 0 Å². The first kappa shape index (κ1) is 18.6. The van der Waals surface area contributed by atoms with Crippen LogP contribution in [0.3, 0.4) is 0 Å². The van der Waals surface area contributed by atoms with Gasteiger partial charge in [0.1, 0.15) is 5.54 Å². The van der Waals surface area contributed by atoms with Crippen LogP contribution >= 0.6 is 0 Å². The van der Waals surface area contributed by atoms with E-state index >= 15 is 0 Å². The Morgan fingerprint density at radius 2 is 1.96 bits per heavy atom. The second kappa shape index (κ2) is 7.04. The first-order valence-corrected chi connectivity index (χ1v) is 8.16. The molecule has 1 fully saturated rings. The third-order valence-electron chi connectivity index (χ3n) is 4.13. The number of carbonyl (C=O) groups is 3. The number of rotatable bonds is 5. The predicted molar refractivity (Wildman–Crippen MR) is 95.2 cm³/mol. The number of hydrazone groups is 1. The molecule has 0 spiro atoms. The van der Waals surface area contributed by atoms with Crippen molar-refractivity contribution in [1.29, 1.82) is 0 Å². The van der Waals surface area contributed by atoms with Crippen molar-refractivity contribution in [2.75, 3.05) is 6.54 Å². The molecule has 1 aromatic carbocycles. The van der Waals surface area contributed by atoms with Crippen LogP contribution < -0.4 is 10.7 Å². The van der Waals surface area contributed by atoms with Gasteiger partial charge in [0.05, 0.1) is 5.71 Å². The smallest absolute Gasteiger partial charge is 0.324 e. The second-order valence-electron chi connectivity index (χ2n) is 6.81. The standard InChI is InChI=1S/C18H24N4O3/c1-11-6-7-14(12(2)10-11)13(3)20-21-15(23)8-9-22-16(24)18(4,5)19-17(22)25/h6-7,10H,8-9H2,1-5H3,(H,19,25)(H,21,23)/b20-13-. The van der Waals surface area contributed by atoms with Crippen molar-refractivity contribution in [3.63, 3.8) is 0 Å². The minimum absolute atomic E-state index is 0.00109. The number of nitrogens with one attached hydrogen (secondary N) is 2. The molecule has 1 saturated heterocycles. The molecule has 7 heteroatoms. The van der Waals surface area contributed by atoms with Crippen molar-refractivity contribution in [3.8, 4) is 0 Å². The van der Waals surface area contributed by atoms with E-state index in [-0.39, 0.29) is 24.8 Å². The Balaban J connectivity index is 1.92. The molecule has 25 heavy (non-hydrogen) atoms. The van der Waals surface area contributed by atoms with Crippen molar-refractivity contribution in [1.82, 2.24) is 15.6 Å². The van der Waals surface area contributed by atoms with Gasteiger partial charge in [-0.15, -0.1) is 0 Å². The second-order valence-corrected chi connectivity index (χ2v) is 6.81. The SMILES string of the molecule is C/C(=N/NC(=O)CCN1C(=O)NC(C)(C)C1=O)c1ccc(C)cc1C. The lowest BCUT2D eigenvalue weighted by Gasteiger charge is -2.15. The maximum absolute atomic E-state index is 12.0. The number of nitrogens with zero attached hydrogens (tertiary/aromatic N) is 2. The summed E-state index contributed by atoms with van der Waals surface area (Å²) in [7, 11) is 0. The summed E-state index contributed by atoms with van der Waals surface area (Å²) in [4.78, 5) is 36.8. The maximum atomic E-state index is 12.0. The third kappa shape index (κ3) is 4.23. The average molecular weight is 344 g/mol. The zero-order chi connectivity index (χ0) is 18.8. The molecule has 7 nitrogen and oxygen atoms in total. The molecule has 0 saturated carbocycles. The van der Waals surface area contributed by atoms with Crippen LogP contribution in [0.15, 0.2) is 23.3 Å². The van der Waals surface area contributed by atoms with Gasteiger partial charge in [-0.2, -0.15) is 5.10 Å². The quantitative estimate of drug-likeness (QED) is 0.485. The lowest BCUT2D eigenvalue weighted by atomic mass is 10.0. The Labute approximate surface area is 147 Å². The molecule has 1 aromatic rings. The van der Waals surface area contributed by atoms with Gasteiger partial charge in [0.25, 0.3) is 5.91 Å². The normalized spacial score (nSPS) is 16.8. The van der Waals surface area contributed by atoms with Crippen molar-refractivity contribution < 1.29 is 14.4 Å². The number of urea groups is 1. The molecule has 0 unspecified atom stereocenters. The molecule has 2 N–H and O–H groups in total. The summed E-state index contributed by atoms with van der Waals surface area (Å²) in [5, 5.41) is 6.69. The van der Waals surface area contributed by atoms with Gasteiger partial charge in [0.2, 0.25) is 5.91 Å². The van der Waals surface area contributed by atoms with Crippen LogP contribution in [-0.2, 0) is 9.59 Å². The van der Waals surface area contributed by atoms with E-state index in [1.165, 1.54) is 0 Å². The minimum atomic E-state index is -0.925. The topological polar surface area (TPSA) is 90.9 Å². The largest absolute Gasteiger partial charge is 0.325 e. The van der Waals surface area contributed by atoms with E-state index in [0.717, 1.165) is 21.6 Å². The molecule has 2 rings (SSSR count). The molecule has 1 aliphatic rings. The first-order chi connectivity index (χ1) is 11.6. The summed E-state index contributed by atoms with van der Waals surface area (Å²) in [5.74, 6) is -0.685. The Bertz CT molecular complexity index is 753. The van der Waals surface area contributed by atoms with Gasteiger partial charge < -0.3 is 5.32 Å². The zero-order valence-electron chi connectivity index (χ0n) is 15.3. The highest BCUT2D eigenvalue weighted by Gasteiger charge is 2.43. The number of imide groups is 1. The third-order valence-corrected chi connectivity index (χ3v) is 4.13. The molecule has 0 aliphatic carbocycles. The number of aryl methyl sites for hydroxylation is 2. The van der Waals surface area contributed by atoms with Crippen molar-refractivity contribution in [2.45, 2.75) is 46.6 Å². The van der Waals surface area contributed by atoms with Crippen molar-refractivity contribution in [3.05, 3.63) is 34.9 Å². The minimum Gasteiger partial charge on any atom is -0.324 e. The number of carbonyl (C=O) groups excluding carboxylic acids is 3. The van der Waals surface area contributed by atoms with Crippen molar-refractivity contribution >= 4 is 23.6 Å². The molecule has 134 valence electrons. The number of amides is 4. The highest BCUT2D eigenvalue weighted by molar-refractivity contribution is 6.06. The molecule has 1 heterocycles. The van der Waals surface area contributed by atoms with Gasteiger partial charge in [-0.3, -0.25) is 14.5 Å². The molecular weight excluding hydrogens is 320 g/mol. The van der Waals surface area contributed by atoms with E-state index in [1.807, 2.05) is 32.9 Å². The van der Waals surface area contributed by atoms with Crippen LogP contribution in [0, 0.1) is 13.8 Å². The van der Waals surface area contributed by atoms with Gasteiger partial charge in [0.15, 0.2) is 0 Å². The lowest BCUT2D eigenvalue weighted by Crippen LogP contribution is -2.40. The Hall–Kier alpha value is -2.70. The monoisotopic (exact) mass is 344 g/mol. The average Bonchev–Trinajstić information content (AvgIpc) is 2.71. The van der Waals surface area contributed by atoms with E-state index in [9.17, 15) is 14.4 Å². The van der Waals surface area contributed by atoms with Crippen LogP contribution in [0.4, 0.5) is 4.79 Å². The summed E-state index contributed by atoms with van der Waals surface area (Å²) >= 11 is 0. The highest BCUT2D eigenvalue weighted by atomic mass is 16.2. The van der Waals surface area contributed by atoms with Crippen molar-refractivity contribution in [2.24, 2.45) is 5.10 Å². The fourth-order valence-corrected chi connectivity index (χ4v) is 2.72. The summed E-state index contributed by atoms with van der Waals surface area (Å²) in [6, 6.07) is 5.53. The molecule has 0 radical (unpaired) electrons. The molecule has 0 bridgehead atoms. The highest BCUT2D eigenvalue weighted by Crippen LogP contribution is 2.16. The van der Waals surface area contributed by atoms with Gasteiger partial charge >= 0.3 is 6.03 Å². The molecule has 4 amide bonds. The summed E-state index contributed by atoms with van der Waals surface area (Å²) in [6.07, 6.45) is -0.00109. The fraction of sp³-hybridized carbons (Fsp3) is 0.444. The van der Waals surface area contributed by atoms with Gasteiger partial charge in [-0.05, 0) is 40.2 Å². The Morgan fingerprint density at radius 1 is 1.28 bits per heavy atom. The van der Waals surface area contributed by atoms with Crippen LogP contribution in [-0.4, -0.2) is 40.5 Å². The summed E-state index contributed by atoms with van der Waals surface area (Å²) in [6.45, 7) is 9.11.